The lowest BCUT2D eigenvalue weighted by Gasteiger charge is -2.33. The summed E-state index contributed by atoms with van der Waals surface area (Å²) in [6.45, 7) is 21.6. The maximum absolute atomic E-state index is 15.3. The highest BCUT2D eigenvalue weighted by atomic mass is 16.3. The van der Waals surface area contributed by atoms with Gasteiger partial charge in [0.15, 0.2) is 0 Å². The van der Waals surface area contributed by atoms with Gasteiger partial charge >= 0.3 is 0 Å². The number of nitrogens with one attached hydrogen (secondary N) is 16. The van der Waals surface area contributed by atoms with Crippen molar-refractivity contribution in [1.82, 2.24) is 89.6 Å². The van der Waals surface area contributed by atoms with Crippen molar-refractivity contribution in [2.75, 3.05) is 33.7 Å². The number of fused-ring (bicyclic) bond motifs is 1. The van der Waals surface area contributed by atoms with Gasteiger partial charge in [0.1, 0.15) is 71.2 Å². The summed E-state index contributed by atoms with van der Waals surface area (Å²) in [6, 6.07) is 2.42. The molecular weight excluding hydrogens is 1770 g/mol. The largest absolute Gasteiger partial charge is 0.508 e. The molecule has 15 amide bonds. The number of likely N-dealkylation sites (N-methyl/N-ethyl adjacent to an activating group) is 1. The van der Waals surface area contributed by atoms with Crippen LogP contribution in [0, 0.1) is 23.7 Å². The minimum Gasteiger partial charge on any atom is -0.508 e. The zero-order chi connectivity index (χ0) is 102. The molecule has 18 atom stereocenters. The second-order valence-electron chi connectivity index (χ2n) is 37.5. The number of aliphatic hydroxyl groups is 1. The van der Waals surface area contributed by atoms with Crippen molar-refractivity contribution in [3.63, 3.8) is 0 Å². The molecule has 5 rings (SSSR count). The Morgan fingerprint density at radius 3 is 1.70 bits per heavy atom. The molecule has 4 aromatic rings. The summed E-state index contributed by atoms with van der Waals surface area (Å²) in [6.07, 6.45) is 5.26. The first-order valence-electron chi connectivity index (χ1n) is 46.9. The van der Waals surface area contributed by atoms with Crippen LogP contribution in [0.15, 0.2) is 97.2 Å². The fourth-order valence-electron chi connectivity index (χ4n) is 15.2. The topological polar surface area (TPSA) is 616 Å². The first-order chi connectivity index (χ1) is 64.3. The smallest absolute Gasteiger partial charge is 0.246 e. The number of aliphatic hydroxyl groups excluding tert-OH is 1. The maximum atomic E-state index is 15.3. The number of phenols is 1. The van der Waals surface area contributed by atoms with E-state index in [1.165, 1.54) is 100 Å². The van der Waals surface area contributed by atoms with Crippen molar-refractivity contribution in [2.45, 2.75) is 302 Å². The predicted octanol–water partition coefficient (Wildman–Crippen LogP) is 0.435. The van der Waals surface area contributed by atoms with Crippen molar-refractivity contribution in [3.8, 4) is 5.75 Å². The van der Waals surface area contributed by atoms with Crippen LogP contribution in [0.5, 0.6) is 5.75 Å². The maximum Gasteiger partial charge on any atom is 0.246 e. The van der Waals surface area contributed by atoms with Crippen molar-refractivity contribution < 1.29 is 101 Å². The molecular formula is C97H145N19O21. The highest BCUT2D eigenvalue weighted by molar-refractivity contribution is 6.41. The summed E-state index contributed by atoms with van der Waals surface area (Å²) in [5.41, 5.74) is 9.24. The van der Waals surface area contributed by atoms with E-state index < -0.39 is 226 Å². The van der Waals surface area contributed by atoms with E-state index >= 15 is 24.0 Å². The van der Waals surface area contributed by atoms with Crippen LogP contribution in [0.3, 0.4) is 0 Å². The zero-order valence-electron chi connectivity index (χ0n) is 81.8. The lowest BCUT2D eigenvalue weighted by atomic mass is 9.89. The van der Waals surface area contributed by atoms with Crippen LogP contribution in [0.1, 0.15) is 204 Å². The first kappa shape index (κ1) is 115. The number of hydrogen-bond donors (Lipinski definition) is 20. The molecule has 40 heteroatoms. The first-order valence-corrected chi connectivity index (χ1v) is 46.9. The molecule has 22 N–H and O–H groups in total. The lowest BCUT2D eigenvalue weighted by Crippen LogP contribution is -2.65. The van der Waals surface area contributed by atoms with E-state index in [-0.39, 0.29) is 101 Å². The summed E-state index contributed by atoms with van der Waals surface area (Å²) < 4.78 is 0. The number of amides is 15. The molecule has 4 unspecified atom stereocenters. The highest BCUT2D eigenvalue weighted by Gasteiger charge is 2.44. The van der Waals surface area contributed by atoms with Crippen LogP contribution >= 0.6 is 0 Å². The number of para-hydroxylation sites is 1. The third-order valence-electron chi connectivity index (χ3n) is 23.7. The minimum absolute atomic E-state index is 0.00222. The fourth-order valence-corrected chi connectivity index (χ4v) is 15.2. The number of aromatic nitrogens is 1. The average molecular weight is 1910 g/mol. The van der Waals surface area contributed by atoms with Crippen LogP contribution in [-0.2, 0) is 110 Å². The second kappa shape index (κ2) is 55.5. The van der Waals surface area contributed by atoms with Gasteiger partial charge in [0.25, 0.3) is 0 Å². The van der Waals surface area contributed by atoms with Gasteiger partial charge < -0.3 is 111 Å². The molecule has 0 bridgehead atoms. The normalized spacial score (nSPS) is 22.2. The van der Waals surface area contributed by atoms with Gasteiger partial charge in [-0.2, -0.15) is 0 Å². The molecule has 1 aliphatic heterocycles. The molecule has 0 saturated carbocycles. The quantitative estimate of drug-likeness (QED) is 0.0214. The van der Waals surface area contributed by atoms with Crippen LogP contribution in [0.4, 0.5) is 0 Å². The monoisotopic (exact) mass is 1910 g/mol. The van der Waals surface area contributed by atoms with Crippen LogP contribution in [-0.4, -0.2) is 261 Å². The molecule has 2 heterocycles. The zero-order valence-corrected chi connectivity index (χ0v) is 81.8. The molecule has 0 saturated heterocycles. The Morgan fingerprint density at radius 1 is 0.533 bits per heavy atom. The minimum atomic E-state index is -1.93. The molecule has 754 valence electrons. The number of aromatic amines is 1. The van der Waals surface area contributed by atoms with Gasteiger partial charge in [-0.25, -0.2) is 0 Å². The van der Waals surface area contributed by atoms with E-state index in [1.54, 1.807) is 79.8 Å². The molecule has 1 aliphatic rings. The Morgan fingerprint density at radius 2 is 1.10 bits per heavy atom. The second-order valence-corrected chi connectivity index (χ2v) is 37.5. The number of ketones is 4. The van der Waals surface area contributed by atoms with Crippen molar-refractivity contribution in [1.29, 1.82) is 0 Å². The van der Waals surface area contributed by atoms with Crippen molar-refractivity contribution >= 4 is 123 Å². The predicted molar refractivity (Wildman–Crippen MR) is 512 cm³/mol. The number of allylic oxidation sites excluding steroid dienone is 2. The number of hydrogen-bond acceptors (Lipinski definition) is 24. The van der Waals surface area contributed by atoms with Crippen LogP contribution in [0.25, 0.3) is 10.9 Å². The Labute approximate surface area is 800 Å². The molecule has 40 nitrogen and oxygen atoms in total. The molecule has 0 fully saturated rings. The van der Waals surface area contributed by atoms with E-state index in [0.29, 0.717) is 59.7 Å². The van der Waals surface area contributed by atoms with Gasteiger partial charge in [-0.15, -0.1) is 0 Å². The molecule has 0 spiro atoms. The number of nitrogens with two attached hydrogens (primary N) is 2. The number of nitrogens with zero attached hydrogens (tertiary/aromatic N) is 1. The Bertz CT molecular complexity index is 4890. The number of H-pyrrole nitrogens is 1. The number of primary amides is 2. The van der Waals surface area contributed by atoms with Gasteiger partial charge in [-0.05, 0) is 188 Å². The Kier molecular flexibility index (Phi) is 46.5. The van der Waals surface area contributed by atoms with E-state index in [1.807, 2.05) is 39.8 Å². The number of carbonyl (C=O) groups excluding carboxylic acids is 19. The molecule has 1 aromatic heterocycles. The number of aromatic hydroxyl groups is 1. The standard InChI is InChI=1S/C97H145N19O21/c1-53(2)44-67-51-102-71(40-41-76(98)119)82(124)81(123)58(8)104-89(131)75(48-66-50-101-70-35-29-28-34-69(66)70)111-90(132)73(47-65-36-38-68(118)39-37-65)110-87(129)62(12)108-95(137)97(15,115-92(134)74(46-64-32-26-25-27-33-64)112-93(135)78(63(13)117)113-91(133)72(45-54(3)4)109-77(120)52-116(16)17)43-31-24-22-20-18-19-21-23-30-42-96(14,114-88(67)130)94(136)107-61(11)86(128)106-60(10)85(127)105-59(9)84(126)103-57(7)80(122)79(121)56(6)100-49-55(5)83(99)125/h19,21,25-29,32-39,50,53-63,67,71-75,78,100-102,117-118H,18,20,22-24,30-31,40-49,51-52H2,1-17H3,(H2,98,119)(H2,99,125)(H,103,126)(H,104,131)(H,105,127)(H,106,128)(H,107,136)(H,108,137)(H,109,120)(H,110,129)(H,111,132)(H,112,135)(H,113,133)(H,114,130)(H,115,134)/b21-19+/t55-,56-,57-,58?,59?,60-,61?,62?,63+,67+,71-,72-,73-,74-,75-,78-,96-,97-/m0/s1. The Hall–Kier alpha value is -12.7. The van der Waals surface area contributed by atoms with Crippen molar-refractivity contribution in [2.24, 2.45) is 35.1 Å². The third-order valence-corrected chi connectivity index (χ3v) is 23.7. The molecule has 3 aromatic carbocycles. The summed E-state index contributed by atoms with van der Waals surface area (Å²) in [5.74, 6) is -19.1. The summed E-state index contributed by atoms with van der Waals surface area (Å²) in [5, 5.41) is 62.4. The van der Waals surface area contributed by atoms with Crippen molar-refractivity contribution in [3.05, 3.63) is 114 Å². The summed E-state index contributed by atoms with van der Waals surface area (Å²) >= 11 is 0. The lowest BCUT2D eigenvalue weighted by molar-refractivity contribution is -0.140. The van der Waals surface area contributed by atoms with Gasteiger partial charge in [-0.3, -0.25) is 91.1 Å². The number of carbonyl (C=O) groups is 19. The average Bonchev–Trinajstić information content (AvgIpc) is 1.79. The summed E-state index contributed by atoms with van der Waals surface area (Å²) in [7, 11) is 3.34. The number of rotatable bonds is 38. The molecule has 0 radical (unpaired) electrons. The van der Waals surface area contributed by atoms with Crippen LogP contribution in [0.2, 0.25) is 0 Å². The Balaban J connectivity index is 1.55. The molecule has 0 aliphatic carbocycles. The highest BCUT2D eigenvalue weighted by Crippen LogP contribution is 2.25. The SMILES string of the molecule is CC(C)C[C@@H]1CN[C@@H](CCC(N)=O)C(=O)C(=O)C(C)NC(=O)[C@H](Cc2c[nH]c3ccccc23)NC(=O)[C@H](Cc2ccc(O)cc2)NC(=O)C(C)NC(=O)[C@@](C)(NC(=O)[C@H](Cc2ccccc2)NC(=O)[C@@H](NC(=O)[C@H](CC(C)C)NC(=O)CN(C)C)[C@@H](C)O)CCCCCC/C=C/CCC[C@@](C)(C(=O)NC(C)C(=O)N[C@@H](C)C(=O)NC(C)C(=O)N[C@@H](C)C(=O)C(=O)[C@H](C)NC[C@H](C)C(N)=O)NC1=O. The van der Waals surface area contributed by atoms with E-state index in [2.05, 4.69) is 84.7 Å². The number of Topliss-reactive ketones (excluding diaryl/α,β-unsaturated/α-hetero) is 4. The van der Waals surface area contributed by atoms with E-state index in [4.69, 9.17) is 11.5 Å². The van der Waals surface area contributed by atoms with E-state index in [0.717, 1.165) is 0 Å². The van der Waals surface area contributed by atoms with Gasteiger partial charge in [-0.1, -0.05) is 127 Å². The van der Waals surface area contributed by atoms with E-state index in [9.17, 15) is 77.3 Å². The fraction of sp³-hybridized carbons (Fsp3) is 0.577. The number of benzene rings is 3. The van der Waals surface area contributed by atoms with Crippen LogP contribution < -0.4 is 91.2 Å². The summed E-state index contributed by atoms with van der Waals surface area (Å²) in [4.78, 5) is 273. The third kappa shape index (κ3) is 38.1. The number of phenolic OH excluding ortho intramolecular Hbond substituents is 1. The molecule has 137 heavy (non-hydrogen) atoms. The van der Waals surface area contributed by atoms with Gasteiger partial charge in [0.05, 0.1) is 42.7 Å². The van der Waals surface area contributed by atoms with Gasteiger partial charge in [0, 0.05) is 61.8 Å². The van der Waals surface area contributed by atoms with Gasteiger partial charge in [0.2, 0.25) is 112 Å².